The van der Waals surface area contributed by atoms with Crippen molar-refractivity contribution in [3.8, 4) is 0 Å². The lowest BCUT2D eigenvalue weighted by Crippen LogP contribution is -3.02. The van der Waals surface area contributed by atoms with Gasteiger partial charge >= 0.3 is 88.3 Å². The quantitative estimate of drug-likeness (QED) is 0.246. The van der Waals surface area contributed by atoms with Crippen LogP contribution in [0.2, 0.25) is 0 Å². The van der Waals surface area contributed by atoms with Crippen LogP contribution >= 0.6 is 0 Å². The van der Waals surface area contributed by atoms with Crippen molar-refractivity contribution in [3.05, 3.63) is 0 Å². The van der Waals surface area contributed by atoms with Gasteiger partial charge in [0.25, 0.3) is 11.3 Å². The minimum Gasteiger partial charge on any atom is -0.226 e. The maximum atomic E-state index is 15.3. The molecule has 3 aliphatic carbocycles. The van der Waals surface area contributed by atoms with E-state index in [9.17, 15) is 123 Å². The van der Waals surface area contributed by atoms with E-state index in [2.05, 4.69) is 0 Å². The Morgan fingerprint density at radius 2 is 0.340 bits per heavy atom. The van der Waals surface area contributed by atoms with Gasteiger partial charge in [-0.15, -0.1) is 0 Å². The van der Waals surface area contributed by atoms with Gasteiger partial charge in [0.05, 0.1) is 0 Å². The fourth-order valence-electron chi connectivity index (χ4n) is 5.20. The molecule has 0 aliphatic heterocycles. The van der Waals surface area contributed by atoms with Gasteiger partial charge in [0.2, 0.25) is 0 Å². The molecule has 0 N–H and O–H groups in total. The molecule has 3 rings (SSSR count). The molecule has 0 spiro atoms. The van der Waals surface area contributed by atoms with Crippen molar-refractivity contribution in [1.29, 1.82) is 0 Å². The highest BCUT2D eigenvalue weighted by atomic mass is 19.4. The van der Waals surface area contributed by atoms with E-state index < -0.39 is 99.7 Å². The Kier molecular flexibility index (Phi) is 6.78. The van der Waals surface area contributed by atoms with Gasteiger partial charge < -0.3 is 0 Å². The van der Waals surface area contributed by atoms with E-state index in [1.54, 1.807) is 0 Å². The summed E-state index contributed by atoms with van der Waals surface area (Å²) >= 11 is 0. The first-order chi connectivity index (χ1) is 19.8. The zero-order valence-electron chi connectivity index (χ0n) is 19.8. The summed E-state index contributed by atoms with van der Waals surface area (Å²) in [5.74, 6) is -125. The highest BCUT2D eigenvalue weighted by molar-refractivity contribution is 5.47. The third-order valence-corrected chi connectivity index (χ3v) is 7.96. The fourth-order valence-corrected chi connectivity index (χ4v) is 5.20. The van der Waals surface area contributed by atoms with Gasteiger partial charge in [0.15, 0.2) is 0 Å². The second kappa shape index (κ2) is 8.10. The van der Waals surface area contributed by atoms with Gasteiger partial charge in [-0.25, -0.2) is 17.6 Å². The maximum absolute atomic E-state index is 15.3. The van der Waals surface area contributed by atoms with E-state index in [4.69, 9.17) is 0 Å². The van der Waals surface area contributed by atoms with Crippen molar-refractivity contribution in [1.82, 2.24) is 0 Å². The van der Waals surface area contributed by atoms with Crippen molar-refractivity contribution in [3.63, 3.8) is 0 Å². The summed E-state index contributed by atoms with van der Waals surface area (Å²) in [5.41, 5.74) is -40.7. The topological polar surface area (TPSA) is 0 Å². The van der Waals surface area contributed by atoms with Gasteiger partial charge in [0.1, 0.15) is 0 Å². The average molecular weight is 774 g/mol. The summed E-state index contributed by atoms with van der Waals surface area (Å²) in [5, 5.41) is 0. The second-order valence-corrected chi connectivity index (χ2v) is 10.1. The summed E-state index contributed by atoms with van der Waals surface area (Å²) in [6.07, 6.45) is 0. The Labute approximate surface area is 233 Å². The average Bonchev–Trinajstić information content (AvgIpc) is 2.87. The first-order valence-corrected chi connectivity index (χ1v) is 10.4. The van der Waals surface area contributed by atoms with Gasteiger partial charge in [-0.05, 0) is 0 Å². The molecular formula is C17F30. The lowest BCUT2D eigenvalue weighted by molar-refractivity contribution is -0.573. The van der Waals surface area contributed by atoms with Crippen molar-refractivity contribution in [2.24, 2.45) is 0 Å². The summed E-state index contributed by atoms with van der Waals surface area (Å²) in [7, 11) is 0. The molecule has 0 aromatic carbocycles. The highest BCUT2D eigenvalue weighted by Gasteiger charge is 3.19. The molecule has 47 heavy (non-hydrogen) atoms. The monoisotopic (exact) mass is 774 g/mol. The molecule has 3 fully saturated rings. The fraction of sp³-hybridized carbons (Fsp3) is 1.00. The second-order valence-electron chi connectivity index (χ2n) is 10.1. The number of halogens is 30. The van der Waals surface area contributed by atoms with Crippen LogP contribution in [-0.4, -0.2) is 99.7 Å². The van der Waals surface area contributed by atoms with Crippen LogP contribution in [0.15, 0.2) is 0 Å². The lowest BCUT2D eigenvalue weighted by Gasteiger charge is -2.66. The van der Waals surface area contributed by atoms with E-state index >= 15 is 8.78 Å². The molecule has 30 heteroatoms. The van der Waals surface area contributed by atoms with Crippen molar-refractivity contribution in [2.75, 3.05) is 0 Å². The predicted molar refractivity (Wildman–Crippen MR) is 79.7 cm³/mol. The van der Waals surface area contributed by atoms with Crippen LogP contribution < -0.4 is 0 Å². The van der Waals surface area contributed by atoms with Gasteiger partial charge in [0, 0.05) is 0 Å². The van der Waals surface area contributed by atoms with Crippen molar-refractivity contribution >= 4 is 0 Å². The van der Waals surface area contributed by atoms with E-state index in [-0.39, 0.29) is 0 Å². The number of alkyl halides is 30. The van der Waals surface area contributed by atoms with Crippen LogP contribution in [0, 0.1) is 0 Å². The number of hydrogen-bond acceptors (Lipinski definition) is 0. The normalized spacial score (nSPS) is 41.7. The van der Waals surface area contributed by atoms with Gasteiger partial charge in [-0.3, -0.25) is 0 Å². The molecule has 0 aromatic heterocycles. The standard InChI is InChI=1S/C17F30/c18-1-2(19,9(30,31)14(40,41)13(38,39)8(1,28)29)7(26,27)10(32,33)3(20,5(1,22)23)6(24,25)4(21)11(34,35)15(42,43)17(46,47)16(44,45)12(4,36)37/t1-,2-,3-/m0/s1. The number of fused-ring (bicyclic) bond motifs is 1. The molecule has 0 saturated heterocycles. The van der Waals surface area contributed by atoms with Gasteiger partial charge in [-0.1, -0.05) is 0 Å². The molecule has 0 aromatic rings. The van der Waals surface area contributed by atoms with E-state index in [0.717, 1.165) is 0 Å². The maximum Gasteiger partial charge on any atom is 0.384 e. The van der Waals surface area contributed by atoms with Crippen molar-refractivity contribution < 1.29 is 132 Å². The molecule has 0 unspecified atom stereocenters. The lowest BCUT2D eigenvalue weighted by atomic mass is 9.49. The summed E-state index contributed by atoms with van der Waals surface area (Å²) in [4.78, 5) is 0. The largest absolute Gasteiger partial charge is 0.384 e. The SMILES string of the molecule is FC1(F)C(F)(F)C(F)(F)C(F)(C(F)(F)[C@]2(F)C(F)(F)C(F)(F)[C@]3(F)C(F)(F)C(F)(F)C(F)(F)C(F)(F)[C@@]3(F)C2(F)F)C(F)(F)C1(F)F. The van der Waals surface area contributed by atoms with Crippen molar-refractivity contribution in [2.45, 2.75) is 99.7 Å². The number of rotatable bonds is 2. The molecule has 0 heterocycles. The Hall–Kier alpha value is -2.10. The minimum atomic E-state index is -10.6. The first-order valence-electron chi connectivity index (χ1n) is 10.4. The van der Waals surface area contributed by atoms with Crippen LogP contribution in [0.3, 0.4) is 0 Å². The van der Waals surface area contributed by atoms with E-state index in [1.807, 2.05) is 0 Å². The molecule has 0 bridgehead atoms. The zero-order chi connectivity index (χ0) is 38.5. The Morgan fingerprint density at radius 3 is 0.617 bits per heavy atom. The van der Waals surface area contributed by atoms with E-state index in [0.29, 0.717) is 0 Å². The Bertz CT molecular complexity index is 1320. The van der Waals surface area contributed by atoms with Crippen LogP contribution in [0.4, 0.5) is 132 Å². The van der Waals surface area contributed by atoms with Crippen LogP contribution in [0.5, 0.6) is 0 Å². The predicted octanol–water partition coefficient (Wildman–Crippen LogP) is 9.12. The molecule has 0 amide bonds. The first kappa shape index (κ1) is 39.3. The highest BCUT2D eigenvalue weighted by Crippen LogP contribution is 2.84. The minimum absolute atomic E-state index is 8.79. The third kappa shape index (κ3) is 2.70. The summed E-state index contributed by atoms with van der Waals surface area (Å²) in [6, 6.07) is 0. The molecular weight excluding hydrogens is 774 g/mol. The smallest absolute Gasteiger partial charge is 0.226 e. The third-order valence-electron chi connectivity index (χ3n) is 7.96. The molecule has 0 radical (unpaired) electrons. The van der Waals surface area contributed by atoms with Crippen LogP contribution in [-0.2, 0) is 0 Å². The molecule has 3 saturated carbocycles. The number of hydrogen-bond donors (Lipinski definition) is 0. The van der Waals surface area contributed by atoms with E-state index in [1.165, 1.54) is 0 Å². The summed E-state index contributed by atoms with van der Waals surface area (Å²) < 4.78 is 426. The molecule has 3 aliphatic rings. The Morgan fingerprint density at radius 1 is 0.191 bits per heavy atom. The molecule has 278 valence electrons. The zero-order valence-corrected chi connectivity index (χ0v) is 19.8. The van der Waals surface area contributed by atoms with Gasteiger partial charge in [-0.2, -0.15) is 114 Å². The Balaban J connectivity index is 2.74. The molecule has 0 nitrogen and oxygen atoms in total. The summed E-state index contributed by atoms with van der Waals surface area (Å²) in [6.45, 7) is 0. The molecule has 3 atom stereocenters. The van der Waals surface area contributed by atoms with Crippen LogP contribution in [0.1, 0.15) is 0 Å². The van der Waals surface area contributed by atoms with Crippen LogP contribution in [0.25, 0.3) is 0 Å².